The molecule has 26 heavy (non-hydrogen) atoms. The van der Waals surface area contributed by atoms with Crippen LogP contribution in [-0.4, -0.2) is 25.6 Å². The molecule has 4 rings (SSSR count). The maximum atomic E-state index is 14.2. The van der Waals surface area contributed by atoms with Crippen molar-refractivity contribution in [2.24, 2.45) is 0 Å². The number of carbonyl (C=O) groups excluding carboxylic acids is 1. The van der Waals surface area contributed by atoms with Gasteiger partial charge in [0.1, 0.15) is 16.5 Å². The van der Waals surface area contributed by atoms with Gasteiger partial charge in [0.25, 0.3) is 0 Å². The van der Waals surface area contributed by atoms with E-state index in [9.17, 15) is 14.3 Å². The molecule has 124 valence electrons. The summed E-state index contributed by atoms with van der Waals surface area (Å²) in [4.78, 5) is 19.5. The number of nitrogens with zero attached hydrogens (tertiary/aromatic N) is 4. The monoisotopic (exact) mass is 456 g/mol. The van der Waals surface area contributed by atoms with E-state index in [1.54, 1.807) is 23.7 Å². The fourth-order valence-electron chi connectivity index (χ4n) is 2.41. The fourth-order valence-corrected chi connectivity index (χ4v) is 3.38. The van der Waals surface area contributed by atoms with Gasteiger partial charge >= 0.3 is 51.4 Å². The number of rotatable bonds is 3. The zero-order valence-electron chi connectivity index (χ0n) is 13.3. The number of carbonyl (C=O) groups is 1. The van der Waals surface area contributed by atoms with Gasteiger partial charge in [-0.2, -0.15) is 5.10 Å². The molecule has 0 aliphatic heterocycles. The summed E-state index contributed by atoms with van der Waals surface area (Å²) in [5, 5.41) is 18.0. The molecule has 0 spiro atoms. The fraction of sp³-hybridized carbons (Fsp3) is 0. The summed E-state index contributed by atoms with van der Waals surface area (Å²) in [6, 6.07) is 7.49. The summed E-state index contributed by atoms with van der Waals surface area (Å²) in [7, 11) is 0. The predicted molar refractivity (Wildman–Crippen MR) is 91.5 cm³/mol. The summed E-state index contributed by atoms with van der Waals surface area (Å²) in [6.45, 7) is 0. The SMILES string of the molecule is O=C([O-])c1cc(-c2nccs2)n2nc(-c3ccc(Br)cc3F)cc2n1.[K+]. The third kappa shape index (κ3) is 3.68. The van der Waals surface area contributed by atoms with Crippen LogP contribution in [0.25, 0.3) is 27.6 Å². The van der Waals surface area contributed by atoms with Crippen molar-refractivity contribution < 1.29 is 65.7 Å². The van der Waals surface area contributed by atoms with E-state index >= 15 is 0 Å². The number of thiazole rings is 1. The van der Waals surface area contributed by atoms with E-state index in [-0.39, 0.29) is 68.3 Å². The Hall–Kier alpha value is -1.01. The minimum absolute atomic E-state index is 0. The molecule has 0 fully saturated rings. The van der Waals surface area contributed by atoms with Crippen molar-refractivity contribution in [1.29, 1.82) is 0 Å². The Balaban J connectivity index is 0.00000196. The van der Waals surface area contributed by atoms with Crippen LogP contribution < -0.4 is 56.5 Å². The van der Waals surface area contributed by atoms with Crippen LogP contribution in [0.5, 0.6) is 0 Å². The standard InChI is InChI=1S/C16H8BrFN4O2S.K/c17-8-1-2-9(10(18)5-8)11-7-14-20-12(16(23)24)6-13(22(14)21-11)15-19-3-4-25-15;/h1-7H,(H,23,24);/q;+1/p-1. The molecule has 0 radical (unpaired) electrons. The van der Waals surface area contributed by atoms with E-state index in [4.69, 9.17) is 0 Å². The molecule has 0 atom stereocenters. The summed E-state index contributed by atoms with van der Waals surface area (Å²) in [5.74, 6) is -1.86. The Morgan fingerprint density at radius 2 is 2.08 bits per heavy atom. The Kier molecular flexibility index (Phi) is 6.02. The van der Waals surface area contributed by atoms with E-state index in [0.29, 0.717) is 20.9 Å². The Labute approximate surface area is 201 Å². The molecule has 0 unspecified atom stereocenters. The number of carboxylic acids is 1. The Bertz CT molecular complexity index is 1120. The van der Waals surface area contributed by atoms with Gasteiger partial charge in [-0.25, -0.2) is 18.9 Å². The van der Waals surface area contributed by atoms with Gasteiger partial charge < -0.3 is 9.90 Å². The van der Waals surface area contributed by atoms with Gasteiger partial charge in [0.05, 0.1) is 17.4 Å². The average molecular weight is 457 g/mol. The normalized spacial score (nSPS) is 10.7. The van der Waals surface area contributed by atoms with Crippen molar-refractivity contribution in [2.45, 2.75) is 0 Å². The van der Waals surface area contributed by atoms with Crippen LogP contribution in [0.15, 0.2) is 46.4 Å². The number of halogens is 2. The maximum absolute atomic E-state index is 14.2. The van der Waals surface area contributed by atoms with Crippen molar-refractivity contribution >= 4 is 38.9 Å². The summed E-state index contributed by atoms with van der Waals surface area (Å²) >= 11 is 4.54. The van der Waals surface area contributed by atoms with Crippen LogP contribution in [0.1, 0.15) is 10.5 Å². The molecule has 3 heterocycles. The van der Waals surface area contributed by atoms with Gasteiger partial charge in [-0.1, -0.05) is 15.9 Å². The van der Waals surface area contributed by atoms with Crippen molar-refractivity contribution in [2.75, 3.05) is 0 Å². The second kappa shape index (κ2) is 7.93. The molecule has 0 aliphatic rings. The molecule has 0 amide bonds. The first-order valence-corrected chi connectivity index (χ1v) is 8.67. The first kappa shape index (κ1) is 19.7. The molecule has 0 N–H and O–H groups in total. The van der Waals surface area contributed by atoms with E-state index < -0.39 is 11.8 Å². The molecule has 4 aromatic rings. The molecule has 0 saturated heterocycles. The molecule has 0 saturated carbocycles. The van der Waals surface area contributed by atoms with Crippen molar-refractivity contribution in [3.8, 4) is 22.0 Å². The van der Waals surface area contributed by atoms with Crippen LogP contribution in [0.4, 0.5) is 4.39 Å². The molecule has 0 aliphatic carbocycles. The van der Waals surface area contributed by atoms with E-state index in [2.05, 4.69) is 31.0 Å². The zero-order chi connectivity index (χ0) is 17.6. The molecular formula is C16H7BrFKN4O2S. The minimum atomic E-state index is -1.40. The first-order valence-electron chi connectivity index (χ1n) is 7.00. The van der Waals surface area contributed by atoms with Crippen molar-refractivity contribution in [3.63, 3.8) is 0 Å². The number of aromatic carboxylic acids is 1. The van der Waals surface area contributed by atoms with Gasteiger partial charge in [-0.15, -0.1) is 11.3 Å². The first-order chi connectivity index (χ1) is 12.0. The Morgan fingerprint density at radius 3 is 2.73 bits per heavy atom. The summed E-state index contributed by atoms with van der Waals surface area (Å²) < 4.78 is 16.3. The number of aromatic nitrogens is 4. The Morgan fingerprint density at radius 1 is 1.27 bits per heavy atom. The number of carboxylic acid groups (broad SMARTS) is 1. The smallest absolute Gasteiger partial charge is 0.543 e. The van der Waals surface area contributed by atoms with Crippen LogP contribution >= 0.6 is 27.3 Å². The van der Waals surface area contributed by atoms with Crippen LogP contribution in [0.3, 0.4) is 0 Å². The second-order valence-electron chi connectivity index (χ2n) is 5.08. The molecule has 6 nitrogen and oxygen atoms in total. The summed E-state index contributed by atoms with van der Waals surface area (Å²) in [6.07, 6.45) is 1.60. The van der Waals surface area contributed by atoms with Gasteiger partial charge in [0.15, 0.2) is 5.65 Å². The van der Waals surface area contributed by atoms with E-state index in [0.717, 1.165) is 0 Å². The minimum Gasteiger partial charge on any atom is -0.543 e. The van der Waals surface area contributed by atoms with Crippen LogP contribution in [0.2, 0.25) is 0 Å². The number of fused-ring (bicyclic) bond motifs is 1. The van der Waals surface area contributed by atoms with Gasteiger partial charge in [0, 0.05) is 27.7 Å². The van der Waals surface area contributed by atoms with E-state index in [1.807, 2.05) is 0 Å². The third-order valence-corrected chi connectivity index (χ3v) is 4.78. The third-order valence-electron chi connectivity index (χ3n) is 3.49. The van der Waals surface area contributed by atoms with Gasteiger partial charge in [-0.05, 0) is 24.3 Å². The molecular weight excluding hydrogens is 450 g/mol. The number of benzene rings is 1. The molecule has 0 bridgehead atoms. The molecule has 3 aromatic heterocycles. The molecule has 10 heteroatoms. The van der Waals surface area contributed by atoms with Gasteiger partial charge in [-0.3, -0.25) is 0 Å². The van der Waals surface area contributed by atoms with Crippen LogP contribution in [-0.2, 0) is 0 Å². The average Bonchev–Trinajstić information content (AvgIpc) is 3.23. The number of hydrogen-bond donors (Lipinski definition) is 0. The predicted octanol–water partition coefficient (Wildman–Crippen LogP) is -0.211. The quantitative estimate of drug-likeness (QED) is 0.398. The molecule has 1 aromatic carbocycles. The second-order valence-corrected chi connectivity index (χ2v) is 6.89. The largest absolute Gasteiger partial charge is 1.00 e. The zero-order valence-corrected chi connectivity index (χ0v) is 18.8. The van der Waals surface area contributed by atoms with Crippen LogP contribution in [0, 0.1) is 5.82 Å². The van der Waals surface area contributed by atoms with Crippen molar-refractivity contribution in [1.82, 2.24) is 19.6 Å². The maximum Gasteiger partial charge on any atom is 1.00 e. The van der Waals surface area contributed by atoms with Crippen molar-refractivity contribution in [3.05, 3.63) is 57.9 Å². The van der Waals surface area contributed by atoms with Gasteiger partial charge in [0.2, 0.25) is 0 Å². The van der Waals surface area contributed by atoms with E-state index in [1.165, 1.54) is 34.1 Å². The summed E-state index contributed by atoms with van der Waals surface area (Å²) in [5.41, 5.74) is 1.10. The number of hydrogen-bond acceptors (Lipinski definition) is 6. The topological polar surface area (TPSA) is 83.2 Å².